The Bertz CT molecular complexity index is 363. The minimum atomic E-state index is 0.224. The summed E-state index contributed by atoms with van der Waals surface area (Å²) in [6.45, 7) is 3.32. The highest BCUT2D eigenvalue weighted by Crippen LogP contribution is 2.17. The number of nitrogens with two attached hydrogens (primary N) is 1. The van der Waals surface area contributed by atoms with Crippen LogP contribution in [-0.4, -0.2) is 24.3 Å². The van der Waals surface area contributed by atoms with Crippen LogP contribution in [0.25, 0.3) is 0 Å². The second kappa shape index (κ2) is 8.22. The number of amidine groups is 1. The molecule has 0 fully saturated rings. The van der Waals surface area contributed by atoms with Gasteiger partial charge in [-0.1, -0.05) is 12.1 Å². The summed E-state index contributed by atoms with van der Waals surface area (Å²) in [6, 6.07) is 7.51. The Kier molecular flexibility index (Phi) is 6.46. The average Bonchev–Trinajstić information content (AvgIpc) is 2.42. The van der Waals surface area contributed by atoms with Crippen LogP contribution in [0.2, 0.25) is 0 Å². The highest BCUT2D eigenvalue weighted by atomic mass is 16.5. The molecule has 0 unspecified atom stereocenters. The van der Waals surface area contributed by atoms with Crippen LogP contribution in [0.4, 0.5) is 0 Å². The van der Waals surface area contributed by atoms with Crippen LogP contribution in [0.3, 0.4) is 0 Å². The van der Waals surface area contributed by atoms with E-state index in [-0.39, 0.29) is 5.84 Å². The molecule has 1 aromatic rings. The van der Waals surface area contributed by atoms with E-state index in [2.05, 4.69) is 12.1 Å². The fraction of sp³-hybridized carbons (Fsp3) is 0.462. The van der Waals surface area contributed by atoms with Crippen molar-refractivity contribution in [3.05, 3.63) is 24.3 Å². The van der Waals surface area contributed by atoms with Gasteiger partial charge in [-0.05, 0) is 37.1 Å². The standard InChI is InChI=1S/C13H20N2O3/c1-2-9-17-11-5-7-12(8-6-11)18-10-3-4-13(14)15-16/h5-8,16H,2-4,9-10H2,1H3,(H2,14,15). The highest BCUT2D eigenvalue weighted by Gasteiger charge is 1.97. The van der Waals surface area contributed by atoms with Gasteiger partial charge < -0.3 is 20.4 Å². The van der Waals surface area contributed by atoms with E-state index in [1.54, 1.807) is 0 Å². The van der Waals surface area contributed by atoms with E-state index in [1.165, 1.54) is 0 Å². The van der Waals surface area contributed by atoms with Crippen molar-refractivity contribution in [1.82, 2.24) is 0 Å². The Morgan fingerprint density at radius 3 is 2.22 bits per heavy atom. The molecule has 0 radical (unpaired) electrons. The molecule has 5 heteroatoms. The summed E-state index contributed by atoms with van der Waals surface area (Å²) in [6.07, 6.45) is 2.23. The highest BCUT2D eigenvalue weighted by molar-refractivity contribution is 5.79. The van der Waals surface area contributed by atoms with Crippen molar-refractivity contribution in [2.45, 2.75) is 26.2 Å². The van der Waals surface area contributed by atoms with E-state index in [9.17, 15) is 0 Å². The summed E-state index contributed by atoms with van der Waals surface area (Å²) in [5.41, 5.74) is 5.35. The average molecular weight is 252 g/mol. The van der Waals surface area contributed by atoms with Crippen molar-refractivity contribution in [2.75, 3.05) is 13.2 Å². The lowest BCUT2D eigenvalue weighted by atomic mass is 10.3. The molecule has 0 amide bonds. The number of ether oxygens (including phenoxy) is 2. The second-order valence-electron chi connectivity index (χ2n) is 3.86. The van der Waals surface area contributed by atoms with E-state index >= 15 is 0 Å². The van der Waals surface area contributed by atoms with Gasteiger partial charge in [0.2, 0.25) is 0 Å². The predicted octanol–water partition coefficient (Wildman–Crippen LogP) is 2.38. The lowest BCUT2D eigenvalue weighted by Gasteiger charge is -2.07. The van der Waals surface area contributed by atoms with Crippen molar-refractivity contribution in [3.63, 3.8) is 0 Å². The third kappa shape index (κ3) is 5.43. The Morgan fingerprint density at radius 1 is 1.17 bits per heavy atom. The predicted molar refractivity (Wildman–Crippen MR) is 70.4 cm³/mol. The smallest absolute Gasteiger partial charge is 0.139 e. The first-order chi connectivity index (χ1) is 8.76. The molecule has 0 heterocycles. The Balaban J connectivity index is 2.26. The van der Waals surface area contributed by atoms with Gasteiger partial charge in [-0.3, -0.25) is 0 Å². The molecule has 5 nitrogen and oxygen atoms in total. The number of rotatable bonds is 8. The monoisotopic (exact) mass is 252 g/mol. The van der Waals surface area contributed by atoms with Gasteiger partial charge in [0, 0.05) is 6.42 Å². The van der Waals surface area contributed by atoms with Crippen molar-refractivity contribution in [1.29, 1.82) is 0 Å². The molecule has 0 saturated carbocycles. The van der Waals surface area contributed by atoms with Gasteiger partial charge in [0.05, 0.1) is 13.2 Å². The molecule has 18 heavy (non-hydrogen) atoms. The van der Waals surface area contributed by atoms with Crippen molar-refractivity contribution < 1.29 is 14.7 Å². The topological polar surface area (TPSA) is 77.1 Å². The summed E-state index contributed by atoms with van der Waals surface area (Å²) in [4.78, 5) is 0. The van der Waals surface area contributed by atoms with Crippen molar-refractivity contribution in [3.8, 4) is 11.5 Å². The molecular weight excluding hydrogens is 232 g/mol. The zero-order valence-corrected chi connectivity index (χ0v) is 10.6. The molecule has 0 aliphatic rings. The molecule has 0 aliphatic carbocycles. The van der Waals surface area contributed by atoms with Gasteiger partial charge in [0.15, 0.2) is 0 Å². The van der Waals surface area contributed by atoms with E-state index in [1.807, 2.05) is 24.3 Å². The second-order valence-corrected chi connectivity index (χ2v) is 3.86. The SMILES string of the molecule is CCCOc1ccc(OCCC/C(N)=N/O)cc1. The fourth-order valence-electron chi connectivity index (χ4n) is 1.35. The molecule has 3 N–H and O–H groups in total. The molecule has 1 rings (SSSR count). The Hall–Kier alpha value is -1.91. The first-order valence-corrected chi connectivity index (χ1v) is 6.08. The van der Waals surface area contributed by atoms with Gasteiger partial charge in [0.25, 0.3) is 0 Å². The van der Waals surface area contributed by atoms with Crippen LogP contribution >= 0.6 is 0 Å². The number of benzene rings is 1. The van der Waals surface area contributed by atoms with Crippen LogP contribution in [0.5, 0.6) is 11.5 Å². The summed E-state index contributed by atoms with van der Waals surface area (Å²) in [5.74, 6) is 1.86. The summed E-state index contributed by atoms with van der Waals surface area (Å²) < 4.78 is 11.0. The third-order valence-electron chi connectivity index (χ3n) is 2.27. The first kappa shape index (κ1) is 14.2. The third-order valence-corrected chi connectivity index (χ3v) is 2.27. The summed E-state index contributed by atoms with van der Waals surface area (Å²) in [5, 5.41) is 11.3. The fourth-order valence-corrected chi connectivity index (χ4v) is 1.35. The molecule has 0 spiro atoms. The van der Waals surface area contributed by atoms with Crippen LogP contribution in [0.1, 0.15) is 26.2 Å². The van der Waals surface area contributed by atoms with E-state index in [0.717, 1.165) is 24.5 Å². The zero-order valence-electron chi connectivity index (χ0n) is 10.6. The zero-order chi connectivity index (χ0) is 13.2. The van der Waals surface area contributed by atoms with Crippen molar-refractivity contribution >= 4 is 5.84 Å². The minimum absolute atomic E-state index is 0.224. The maximum absolute atomic E-state index is 8.36. The normalized spacial score (nSPS) is 11.3. The Morgan fingerprint density at radius 2 is 1.72 bits per heavy atom. The number of hydrogen-bond acceptors (Lipinski definition) is 4. The van der Waals surface area contributed by atoms with Crippen LogP contribution in [-0.2, 0) is 0 Å². The van der Waals surface area contributed by atoms with Gasteiger partial charge in [-0.2, -0.15) is 0 Å². The molecular formula is C13H20N2O3. The number of hydrogen-bond donors (Lipinski definition) is 2. The molecule has 1 aromatic carbocycles. The molecule has 0 aliphatic heterocycles. The number of nitrogens with zero attached hydrogens (tertiary/aromatic N) is 1. The van der Waals surface area contributed by atoms with Crippen LogP contribution < -0.4 is 15.2 Å². The van der Waals surface area contributed by atoms with E-state index in [4.69, 9.17) is 20.4 Å². The quantitative estimate of drug-likeness (QED) is 0.245. The van der Waals surface area contributed by atoms with E-state index in [0.29, 0.717) is 19.4 Å². The van der Waals surface area contributed by atoms with Gasteiger partial charge >= 0.3 is 0 Å². The number of oxime groups is 1. The Labute approximate surface area is 107 Å². The first-order valence-electron chi connectivity index (χ1n) is 6.08. The van der Waals surface area contributed by atoms with Crippen LogP contribution in [0.15, 0.2) is 29.4 Å². The molecule has 0 saturated heterocycles. The minimum Gasteiger partial charge on any atom is -0.494 e. The molecule has 100 valence electrons. The maximum Gasteiger partial charge on any atom is 0.139 e. The van der Waals surface area contributed by atoms with Gasteiger partial charge in [0.1, 0.15) is 17.3 Å². The van der Waals surface area contributed by atoms with Gasteiger partial charge in [-0.15, -0.1) is 0 Å². The van der Waals surface area contributed by atoms with Crippen LogP contribution in [0, 0.1) is 0 Å². The van der Waals surface area contributed by atoms with E-state index < -0.39 is 0 Å². The maximum atomic E-state index is 8.36. The summed E-state index contributed by atoms with van der Waals surface area (Å²) in [7, 11) is 0. The summed E-state index contributed by atoms with van der Waals surface area (Å²) >= 11 is 0. The van der Waals surface area contributed by atoms with Gasteiger partial charge in [-0.25, -0.2) is 0 Å². The molecule has 0 bridgehead atoms. The lowest BCUT2D eigenvalue weighted by molar-refractivity contribution is 0.302. The van der Waals surface area contributed by atoms with Crippen molar-refractivity contribution in [2.24, 2.45) is 10.9 Å². The molecule has 0 aromatic heterocycles. The lowest BCUT2D eigenvalue weighted by Crippen LogP contribution is -2.12. The molecule has 0 atom stereocenters. The largest absolute Gasteiger partial charge is 0.494 e.